The highest BCUT2D eigenvalue weighted by atomic mass is 16.5. The molecular weight excluding hydrogens is 665 g/mol. The molecule has 2 N–H and O–H groups in total. The van der Waals surface area contributed by atoms with Crippen LogP contribution in [0.25, 0.3) is 99.8 Å². The lowest BCUT2D eigenvalue weighted by Crippen LogP contribution is -1.95. The zero-order valence-electron chi connectivity index (χ0n) is 29.7. The van der Waals surface area contributed by atoms with Crippen LogP contribution in [0, 0.1) is 0 Å². The molecular formula is C48H34N4O2. The van der Waals surface area contributed by atoms with Gasteiger partial charge in [0.15, 0.2) is 0 Å². The van der Waals surface area contributed by atoms with Crippen LogP contribution in [0.5, 0.6) is 11.5 Å². The van der Waals surface area contributed by atoms with E-state index in [1.165, 1.54) is 0 Å². The van der Waals surface area contributed by atoms with E-state index in [9.17, 15) is 0 Å². The molecule has 0 amide bonds. The number of imidazole rings is 2. The minimum atomic E-state index is 0.793. The van der Waals surface area contributed by atoms with Crippen LogP contribution >= 0.6 is 0 Å². The van der Waals surface area contributed by atoms with Crippen LogP contribution in [0.15, 0.2) is 158 Å². The Morgan fingerprint density at radius 1 is 0.389 bits per heavy atom. The van der Waals surface area contributed by atoms with Gasteiger partial charge in [0.25, 0.3) is 0 Å². The van der Waals surface area contributed by atoms with Crippen LogP contribution in [0.2, 0.25) is 0 Å². The molecule has 2 heterocycles. The van der Waals surface area contributed by atoms with Crippen molar-refractivity contribution in [3.05, 3.63) is 158 Å². The van der Waals surface area contributed by atoms with Crippen LogP contribution in [-0.2, 0) is 0 Å². The molecule has 0 spiro atoms. The van der Waals surface area contributed by atoms with E-state index in [0.29, 0.717) is 0 Å². The van der Waals surface area contributed by atoms with Gasteiger partial charge in [0.2, 0.25) is 0 Å². The van der Waals surface area contributed by atoms with Crippen molar-refractivity contribution in [2.75, 3.05) is 14.2 Å². The Balaban J connectivity index is 1.01. The van der Waals surface area contributed by atoms with Crippen LogP contribution in [-0.4, -0.2) is 34.2 Å². The lowest BCUT2D eigenvalue weighted by atomic mass is 9.90. The van der Waals surface area contributed by atoms with Crippen LogP contribution < -0.4 is 9.47 Å². The van der Waals surface area contributed by atoms with Crippen LogP contribution in [0.3, 0.4) is 0 Å². The van der Waals surface area contributed by atoms with E-state index in [-0.39, 0.29) is 0 Å². The smallest absolute Gasteiger partial charge is 0.138 e. The van der Waals surface area contributed by atoms with E-state index in [2.05, 4.69) is 119 Å². The van der Waals surface area contributed by atoms with Gasteiger partial charge in [-0.05, 0) is 92.3 Å². The Bertz CT molecular complexity index is 2740. The van der Waals surface area contributed by atoms with Gasteiger partial charge < -0.3 is 19.4 Å². The van der Waals surface area contributed by atoms with Crippen molar-refractivity contribution < 1.29 is 9.47 Å². The number of aromatic amines is 2. The number of nitrogens with zero attached hydrogens (tertiary/aromatic N) is 2. The van der Waals surface area contributed by atoms with Crippen molar-refractivity contribution in [3.63, 3.8) is 0 Å². The molecule has 0 saturated heterocycles. The second-order valence-corrected chi connectivity index (χ2v) is 13.5. The van der Waals surface area contributed by atoms with Gasteiger partial charge in [0.1, 0.15) is 23.1 Å². The minimum Gasteiger partial charge on any atom is -0.496 e. The first kappa shape index (κ1) is 31.5. The van der Waals surface area contributed by atoms with Crippen LogP contribution in [0.4, 0.5) is 0 Å². The molecule has 0 aliphatic rings. The molecule has 6 nitrogen and oxygen atoms in total. The molecule has 0 unspecified atom stereocenters. The molecule has 0 bridgehead atoms. The molecule has 0 saturated carbocycles. The second kappa shape index (κ2) is 12.8. The molecule has 0 aliphatic heterocycles. The average molecular weight is 699 g/mol. The number of rotatable bonds is 7. The van der Waals surface area contributed by atoms with Crippen molar-refractivity contribution in [3.8, 4) is 67.7 Å². The number of methoxy groups -OCH3 is 2. The monoisotopic (exact) mass is 698 g/mol. The number of H-pyrrole nitrogens is 2. The summed E-state index contributed by atoms with van der Waals surface area (Å²) in [5, 5.41) is 4.41. The molecule has 258 valence electrons. The first-order chi connectivity index (χ1) is 26.6. The number of benzene rings is 8. The molecule has 10 rings (SSSR count). The topological polar surface area (TPSA) is 75.8 Å². The maximum Gasteiger partial charge on any atom is 0.138 e. The van der Waals surface area contributed by atoms with Crippen molar-refractivity contribution >= 4 is 43.6 Å². The Morgan fingerprint density at radius 2 is 0.778 bits per heavy atom. The fourth-order valence-electron chi connectivity index (χ4n) is 7.65. The summed E-state index contributed by atoms with van der Waals surface area (Å²) < 4.78 is 12.1. The zero-order chi connectivity index (χ0) is 36.2. The Morgan fingerprint density at radius 3 is 1.19 bits per heavy atom. The summed E-state index contributed by atoms with van der Waals surface area (Å²) in [6, 6.07) is 55.0. The molecule has 0 aliphatic carbocycles. The van der Waals surface area contributed by atoms with E-state index < -0.39 is 0 Å². The Labute approximate surface area is 311 Å². The first-order valence-electron chi connectivity index (χ1n) is 18.0. The lowest BCUT2D eigenvalue weighted by Gasteiger charge is -2.18. The van der Waals surface area contributed by atoms with Gasteiger partial charge in [-0.3, -0.25) is 0 Å². The van der Waals surface area contributed by atoms with Gasteiger partial charge in [-0.15, -0.1) is 0 Å². The largest absolute Gasteiger partial charge is 0.496 e. The highest BCUT2D eigenvalue weighted by Gasteiger charge is 2.19. The second-order valence-electron chi connectivity index (χ2n) is 13.5. The third-order valence-corrected chi connectivity index (χ3v) is 10.4. The fraction of sp³-hybridized carbons (Fsp3) is 0.0417. The van der Waals surface area contributed by atoms with E-state index in [1.54, 1.807) is 14.2 Å². The van der Waals surface area contributed by atoms with Crippen molar-refractivity contribution in [2.24, 2.45) is 0 Å². The summed E-state index contributed by atoms with van der Waals surface area (Å²) in [4.78, 5) is 16.4. The number of hydrogen-bond donors (Lipinski definition) is 2. The summed E-state index contributed by atoms with van der Waals surface area (Å²) >= 11 is 0. The van der Waals surface area contributed by atoms with Crippen molar-refractivity contribution in [1.29, 1.82) is 0 Å². The highest BCUT2D eigenvalue weighted by Crippen LogP contribution is 2.46. The van der Waals surface area contributed by atoms with E-state index in [0.717, 1.165) is 111 Å². The molecule has 10 aromatic rings. The third kappa shape index (κ3) is 5.35. The predicted octanol–water partition coefficient (Wildman–Crippen LogP) is 12.1. The van der Waals surface area contributed by atoms with E-state index in [1.807, 2.05) is 48.5 Å². The van der Waals surface area contributed by atoms with Crippen molar-refractivity contribution in [1.82, 2.24) is 19.9 Å². The predicted molar refractivity (Wildman–Crippen MR) is 221 cm³/mol. The number of fused-ring (bicyclic) bond motifs is 4. The molecule has 54 heavy (non-hydrogen) atoms. The average Bonchev–Trinajstić information content (AvgIpc) is 3.88. The Hall–Kier alpha value is -7.18. The zero-order valence-corrected chi connectivity index (χ0v) is 29.7. The van der Waals surface area contributed by atoms with E-state index in [4.69, 9.17) is 19.4 Å². The number of nitrogens with one attached hydrogen (secondary N) is 2. The van der Waals surface area contributed by atoms with Gasteiger partial charge >= 0.3 is 0 Å². The molecule has 0 atom stereocenters. The lowest BCUT2D eigenvalue weighted by molar-refractivity contribution is 0.411. The summed E-state index contributed by atoms with van der Waals surface area (Å²) in [5.41, 5.74) is 12.6. The van der Waals surface area contributed by atoms with Gasteiger partial charge in [-0.1, -0.05) is 109 Å². The summed E-state index contributed by atoms with van der Waals surface area (Å²) in [7, 11) is 3.46. The molecule has 2 aromatic heterocycles. The summed E-state index contributed by atoms with van der Waals surface area (Å²) in [6.07, 6.45) is 0. The fourth-order valence-corrected chi connectivity index (χ4v) is 7.65. The Kier molecular flexibility index (Phi) is 7.47. The maximum absolute atomic E-state index is 6.04. The van der Waals surface area contributed by atoms with Crippen LogP contribution in [0.1, 0.15) is 0 Å². The van der Waals surface area contributed by atoms with Gasteiger partial charge in [0.05, 0.1) is 36.3 Å². The molecule has 6 heteroatoms. The normalized spacial score (nSPS) is 11.5. The summed E-state index contributed by atoms with van der Waals surface area (Å²) in [6.45, 7) is 0. The molecule has 0 fully saturated rings. The van der Waals surface area contributed by atoms with Gasteiger partial charge in [0, 0.05) is 22.3 Å². The first-order valence-corrected chi connectivity index (χ1v) is 18.0. The van der Waals surface area contributed by atoms with Gasteiger partial charge in [-0.2, -0.15) is 0 Å². The molecule has 0 radical (unpaired) electrons. The number of para-hydroxylation sites is 4. The molecule has 8 aromatic carbocycles. The van der Waals surface area contributed by atoms with Crippen molar-refractivity contribution in [2.45, 2.75) is 0 Å². The standard InChI is InChI=1S/C48H34N4O2/c1-53-43-25-21-35-27-33(29-11-15-31(16-12-29)47-49-39-7-3-4-8-40(39)50-47)19-23-37(35)45(43)46-38-24-20-34(28-36(38)22-26-44(46)54-2)30-13-17-32(18-14-30)48-51-41-9-5-6-10-42(41)52-48/h3-28H,1-2H3,(H,49,50)(H,51,52). The number of aromatic nitrogens is 4. The highest BCUT2D eigenvalue weighted by molar-refractivity contribution is 6.11. The van der Waals surface area contributed by atoms with E-state index >= 15 is 0 Å². The summed E-state index contributed by atoms with van der Waals surface area (Å²) in [5.74, 6) is 3.32. The number of ether oxygens (including phenoxy) is 2. The maximum atomic E-state index is 6.04. The SMILES string of the molecule is COc1ccc2cc(-c3ccc(-c4nc5ccccc5[nH]4)cc3)ccc2c1-c1c(OC)ccc2cc(-c3ccc(-c4nc5ccccc5[nH]4)cc3)ccc12. The van der Waals surface area contributed by atoms with Gasteiger partial charge in [-0.25, -0.2) is 9.97 Å². The minimum absolute atomic E-state index is 0.793. The quantitative estimate of drug-likeness (QED) is 0.174. The number of hydrogen-bond acceptors (Lipinski definition) is 4. The third-order valence-electron chi connectivity index (χ3n) is 10.4.